The number of aromatic nitrogens is 6. The SMILES string of the molecule is C[C@@]1(c2nn3ccc(Cl)c3c(=O)n2-c2ccccc2)CCCN1c1ncnc2[nH]cc(C#N)c12. The number of rotatable bonds is 3. The summed E-state index contributed by atoms with van der Waals surface area (Å²) in [5.41, 5.74) is 1.16. The van der Waals surface area contributed by atoms with Gasteiger partial charge in [0.25, 0.3) is 5.56 Å². The predicted molar refractivity (Wildman–Crippen MR) is 128 cm³/mol. The summed E-state index contributed by atoms with van der Waals surface area (Å²) >= 11 is 6.36. The largest absolute Gasteiger partial charge is 0.345 e. The molecule has 1 aliphatic heterocycles. The van der Waals surface area contributed by atoms with Crippen molar-refractivity contribution in [2.75, 3.05) is 11.4 Å². The Morgan fingerprint density at radius 3 is 2.82 bits per heavy atom. The number of nitriles is 1. The average Bonchev–Trinajstić information content (AvgIpc) is 3.56. The highest BCUT2D eigenvalue weighted by molar-refractivity contribution is 6.33. The molecule has 0 saturated carbocycles. The number of halogens is 1. The van der Waals surface area contributed by atoms with Crippen LogP contribution in [0.15, 0.2) is 59.9 Å². The molecule has 34 heavy (non-hydrogen) atoms. The van der Waals surface area contributed by atoms with Crippen LogP contribution in [0.2, 0.25) is 5.02 Å². The van der Waals surface area contributed by atoms with Crippen LogP contribution >= 0.6 is 11.6 Å². The topological polar surface area (TPSA) is 108 Å². The van der Waals surface area contributed by atoms with Gasteiger partial charge in [-0.1, -0.05) is 29.8 Å². The molecule has 4 aromatic heterocycles. The van der Waals surface area contributed by atoms with Crippen LogP contribution in [0.1, 0.15) is 31.2 Å². The predicted octanol–water partition coefficient (Wildman–Crippen LogP) is 3.80. The summed E-state index contributed by atoms with van der Waals surface area (Å²) in [5, 5.41) is 15.6. The number of nitrogens with zero attached hydrogens (tertiary/aromatic N) is 7. The normalized spacial score (nSPS) is 18.1. The number of H-pyrrole nitrogens is 1. The fraction of sp³-hybridized carbons (Fsp3) is 0.208. The van der Waals surface area contributed by atoms with E-state index >= 15 is 0 Å². The number of hydrogen-bond donors (Lipinski definition) is 1. The molecule has 0 spiro atoms. The summed E-state index contributed by atoms with van der Waals surface area (Å²) in [5.74, 6) is 1.21. The highest BCUT2D eigenvalue weighted by atomic mass is 35.5. The molecule has 6 rings (SSSR count). The monoisotopic (exact) mass is 470 g/mol. The van der Waals surface area contributed by atoms with Gasteiger partial charge in [-0.15, -0.1) is 0 Å². The molecule has 168 valence electrons. The lowest BCUT2D eigenvalue weighted by molar-refractivity contribution is 0.433. The van der Waals surface area contributed by atoms with Gasteiger partial charge in [0.05, 0.1) is 27.2 Å². The summed E-state index contributed by atoms with van der Waals surface area (Å²) in [4.78, 5) is 27.8. The van der Waals surface area contributed by atoms with Crippen molar-refractivity contribution in [3.8, 4) is 11.8 Å². The summed E-state index contributed by atoms with van der Waals surface area (Å²) in [7, 11) is 0. The van der Waals surface area contributed by atoms with Crippen LogP contribution in [-0.2, 0) is 5.54 Å². The Bertz CT molecular complexity index is 1660. The number of para-hydroxylation sites is 1. The van der Waals surface area contributed by atoms with E-state index in [0.29, 0.717) is 51.0 Å². The van der Waals surface area contributed by atoms with Crippen molar-refractivity contribution < 1.29 is 0 Å². The molecular weight excluding hydrogens is 452 g/mol. The average molecular weight is 471 g/mol. The highest BCUT2D eigenvalue weighted by Crippen LogP contribution is 2.43. The number of fused-ring (bicyclic) bond motifs is 2. The van der Waals surface area contributed by atoms with E-state index in [0.717, 1.165) is 12.8 Å². The lowest BCUT2D eigenvalue weighted by Crippen LogP contribution is -2.45. The molecule has 0 bridgehead atoms. The first-order chi connectivity index (χ1) is 16.5. The van der Waals surface area contributed by atoms with Gasteiger partial charge in [-0.25, -0.2) is 14.5 Å². The molecule has 1 aromatic carbocycles. The van der Waals surface area contributed by atoms with Gasteiger partial charge >= 0.3 is 0 Å². The molecule has 1 aliphatic rings. The van der Waals surface area contributed by atoms with E-state index in [1.165, 1.54) is 6.33 Å². The molecule has 1 saturated heterocycles. The Morgan fingerprint density at radius 1 is 1.21 bits per heavy atom. The van der Waals surface area contributed by atoms with Gasteiger partial charge in [0.1, 0.15) is 29.4 Å². The molecule has 5 aromatic rings. The first-order valence-electron chi connectivity index (χ1n) is 10.9. The molecule has 0 unspecified atom stereocenters. The van der Waals surface area contributed by atoms with Gasteiger partial charge in [-0.05, 0) is 38.0 Å². The third kappa shape index (κ3) is 2.79. The zero-order valence-corrected chi connectivity index (χ0v) is 19.0. The van der Waals surface area contributed by atoms with Gasteiger partial charge in [0.15, 0.2) is 5.82 Å². The van der Waals surface area contributed by atoms with Crippen molar-refractivity contribution in [3.63, 3.8) is 0 Å². The summed E-state index contributed by atoms with van der Waals surface area (Å²) in [6, 6.07) is 13.3. The minimum Gasteiger partial charge on any atom is -0.345 e. The lowest BCUT2D eigenvalue weighted by Gasteiger charge is -2.37. The van der Waals surface area contributed by atoms with E-state index in [9.17, 15) is 10.1 Å². The van der Waals surface area contributed by atoms with Gasteiger partial charge < -0.3 is 9.88 Å². The van der Waals surface area contributed by atoms with Gasteiger partial charge in [0.2, 0.25) is 0 Å². The van der Waals surface area contributed by atoms with Crippen LogP contribution in [0.5, 0.6) is 0 Å². The second-order valence-electron chi connectivity index (χ2n) is 8.52. The summed E-state index contributed by atoms with van der Waals surface area (Å²) < 4.78 is 3.19. The molecule has 1 N–H and O–H groups in total. The number of hydrogen-bond acceptors (Lipinski definition) is 6. The van der Waals surface area contributed by atoms with Crippen LogP contribution in [0, 0.1) is 11.3 Å². The van der Waals surface area contributed by atoms with Crippen LogP contribution in [0.3, 0.4) is 0 Å². The maximum absolute atomic E-state index is 13.8. The number of nitrogens with one attached hydrogen (secondary N) is 1. The Hall–Kier alpha value is -4.16. The Labute approximate surface area is 198 Å². The van der Waals surface area contributed by atoms with Gasteiger partial charge in [-0.2, -0.15) is 10.4 Å². The van der Waals surface area contributed by atoms with Crippen LogP contribution in [0.4, 0.5) is 5.82 Å². The van der Waals surface area contributed by atoms with Crippen molar-refractivity contribution >= 4 is 34.0 Å². The van der Waals surface area contributed by atoms with Crippen molar-refractivity contribution in [1.82, 2.24) is 29.1 Å². The molecular formula is C24H19ClN8O. The number of aromatic amines is 1. The zero-order valence-electron chi connectivity index (χ0n) is 18.2. The van der Waals surface area contributed by atoms with E-state index in [2.05, 4.69) is 32.8 Å². The third-order valence-electron chi connectivity index (χ3n) is 6.60. The van der Waals surface area contributed by atoms with E-state index in [4.69, 9.17) is 16.7 Å². The van der Waals surface area contributed by atoms with Crippen LogP contribution in [-0.4, -0.2) is 35.7 Å². The second kappa shape index (κ2) is 7.43. The second-order valence-corrected chi connectivity index (χ2v) is 8.93. The standard InChI is InChI=1S/C24H19ClN8O/c1-24(9-5-10-31(24)21-18-15(12-26)13-27-20(18)28-14-29-21)23-30-32-11-8-17(25)19(32)22(34)33(23)16-6-3-2-4-7-16/h2-4,6-8,11,13-14H,5,9-10H2,1H3,(H,27,28,29)/t24-/m0/s1. The minimum absolute atomic E-state index is 0.244. The van der Waals surface area contributed by atoms with E-state index < -0.39 is 5.54 Å². The summed E-state index contributed by atoms with van der Waals surface area (Å²) in [6.45, 7) is 2.75. The van der Waals surface area contributed by atoms with Gasteiger partial charge in [0, 0.05) is 18.9 Å². The van der Waals surface area contributed by atoms with E-state index in [1.54, 1.807) is 27.5 Å². The van der Waals surface area contributed by atoms with Crippen molar-refractivity contribution in [3.05, 3.63) is 81.9 Å². The molecule has 9 nitrogen and oxygen atoms in total. The summed E-state index contributed by atoms with van der Waals surface area (Å²) in [6.07, 6.45) is 6.43. The molecule has 0 radical (unpaired) electrons. The lowest BCUT2D eigenvalue weighted by atomic mass is 9.96. The molecule has 0 aliphatic carbocycles. The van der Waals surface area contributed by atoms with Crippen LogP contribution < -0.4 is 10.5 Å². The zero-order chi connectivity index (χ0) is 23.4. The first kappa shape index (κ1) is 20.4. The van der Waals surface area contributed by atoms with Crippen molar-refractivity contribution in [2.24, 2.45) is 0 Å². The molecule has 1 fully saturated rings. The van der Waals surface area contributed by atoms with Crippen molar-refractivity contribution in [2.45, 2.75) is 25.3 Å². The molecule has 10 heteroatoms. The first-order valence-corrected chi connectivity index (χ1v) is 11.3. The number of benzene rings is 1. The smallest absolute Gasteiger partial charge is 0.284 e. The maximum atomic E-state index is 13.8. The number of anilines is 1. The fourth-order valence-corrected chi connectivity index (χ4v) is 5.19. The quantitative estimate of drug-likeness (QED) is 0.429. The maximum Gasteiger partial charge on any atom is 0.284 e. The molecule has 5 heterocycles. The molecule has 1 atom stereocenters. The van der Waals surface area contributed by atoms with E-state index in [-0.39, 0.29) is 5.56 Å². The van der Waals surface area contributed by atoms with Crippen LogP contribution in [0.25, 0.3) is 22.2 Å². The highest BCUT2D eigenvalue weighted by Gasteiger charge is 2.44. The Morgan fingerprint density at radius 2 is 2.03 bits per heavy atom. The van der Waals surface area contributed by atoms with Crippen molar-refractivity contribution in [1.29, 1.82) is 5.26 Å². The third-order valence-corrected chi connectivity index (χ3v) is 6.91. The Balaban J connectivity index is 1.65. The van der Waals surface area contributed by atoms with E-state index in [1.807, 2.05) is 30.3 Å². The van der Waals surface area contributed by atoms with Gasteiger partial charge in [-0.3, -0.25) is 9.36 Å². The Kier molecular flexibility index (Phi) is 4.47. The minimum atomic E-state index is -0.689. The molecule has 0 amide bonds. The fourth-order valence-electron chi connectivity index (χ4n) is 4.97.